The summed E-state index contributed by atoms with van der Waals surface area (Å²) in [5.74, 6) is 2.47. The van der Waals surface area contributed by atoms with E-state index in [9.17, 15) is 8.42 Å². The van der Waals surface area contributed by atoms with E-state index < -0.39 is 10.0 Å². The van der Waals surface area contributed by atoms with Gasteiger partial charge in [0.25, 0.3) is 0 Å². The molecule has 2 aliphatic heterocycles. The highest BCUT2D eigenvalue weighted by Gasteiger charge is 2.23. The molecule has 0 bridgehead atoms. The molecule has 0 spiro atoms. The highest BCUT2D eigenvalue weighted by atomic mass is 32.2. The van der Waals surface area contributed by atoms with Crippen LogP contribution < -0.4 is 18.9 Å². The van der Waals surface area contributed by atoms with Gasteiger partial charge in [-0.1, -0.05) is 36.4 Å². The van der Waals surface area contributed by atoms with E-state index in [-0.39, 0.29) is 0 Å². The summed E-state index contributed by atoms with van der Waals surface area (Å²) in [5, 5.41) is 1.96. The zero-order chi connectivity index (χ0) is 23.4. The van der Waals surface area contributed by atoms with E-state index in [0.717, 1.165) is 54.7 Å². The van der Waals surface area contributed by atoms with Crippen molar-refractivity contribution in [2.45, 2.75) is 17.7 Å². The number of sulfonamides is 1. The number of nitrogens with zero attached hydrogens (tertiary/aromatic N) is 1. The van der Waals surface area contributed by atoms with E-state index in [1.165, 1.54) is 0 Å². The first-order valence-electron chi connectivity index (χ1n) is 11.8. The van der Waals surface area contributed by atoms with Gasteiger partial charge in [-0.2, -0.15) is 0 Å². The van der Waals surface area contributed by atoms with Gasteiger partial charge in [-0.25, -0.2) is 13.1 Å². The molecular weight excluding hydrogens is 452 g/mol. The molecule has 3 aromatic carbocycles. The minimum absolute atomic E-state index is 0.318. The van der Waals surface area contributed by atoms with Gasteiger partial charge in [0, 0.05) is 13.1 Å². The van der Waals surface area contributed by atoms with E-state index in [0.29, 0.717) is 42.9 Å². The van der Waals surface area contributed by atoms with Crippen LogP contribution >= 0.6 is 0 Å². The van der Waals surface area contributed by atoms with Crippen LogP contribution in [0.2, 0.25) is 0 Å². The Hall–Kier alpha value is -2.81. The highest BCUT2D eigenvalue weighted by Crippen LogP contribution is 2.38. The molecule has 0 saturated carbocycles. The van der Waals surface area contributed by atoms with Crippen LogP contribution in [0.1, 0.15) is 12.8 Å². The Morgan fingerprint density at radius 1 is 0.941 bits per heavy atom. The fourth-order valence-corrected chi connectivity index (χ4v) is 5.66. The van der Waals surface area contributed by atoms with Crippen molar-refractivity contribution >= 4 is 20.8 Å². The SMILES string of the molecule is O=S(=O)(NCC1CCN(CCOc2cccc3c2OCCO3)CC1)c1ccc2ccccc2c1. The number of ether oxygens (including phenoxy) is 3. The van der Waals surface area contributed by atoms with Crippen molar-refractivity contribution in [3.05, 3.63) is 60.7 Å². The van der Waals surface area contributed by atoms with Gasteiger partial charge in [0.15, 0.2) is 11.5 Å². The third-order valence-corrected chi connectivity index (χ3v) is 7.92. The molecular formula is C26H30N2O5S. The van der Waals surface area contributed by atoms with Crippen LogP contribution in [0, 0.1) is 5.92 Å². The number of rotatable bonds is 8. The normalized spacial score (nSPS) is 17.1. The average molecular weight is 483 g/mol. The van der Waals surface area contributed by atoms with Gasteiger partial charge < -0.3 is 14.2 Å². The lowest BCUT2D eigenvalue weighted by molar-refractivity contribution is 0.143. The van der Waals surface area contributed by atoms with Gasteiger partial charge in [0.05, 0.1) is 4.90 Å². The number of hydrogen-bond donors (Lipinski definition) is 1. The first kappa shape index (κ1) is 23.0. The Balaban J connectivity index is 1.07. The van der Waals surface area contributed by atoms with Crippen LogP contribution in [-0.4, -0.2) is 59.3 Å². The monoisotopic (exact) mass is 482 g/mol. The number of benzene rings is 3. The third kappa shape index (κ3) is 5.29. The minimum atomic E-state index is -3.52. The second-order valence-corrected chi connectivity index (χ2v) is 10.5. The Bertz CT molecular complexity index is 1240. The standard InChI is InChI=1S/C26H30N2O5S/c29-34(30,23-9-8-21-4-1-2-5-22(21)18-23)27-19-20-10-12-28(13-11-20)14-15-31-24-6-3-7-25-26(24)33-17-16-32-25/h1-9,18,20,27H,10-17,19H2. The van der Waals surface area contributed by atoms with Crippen LogP contribution in [0.25, 0.3) is 10.8 Å². The molecule has 0 unspecified atom stereocenters. The lowest BCUT2D eigenvalue weighted by Gasteiger charge is -2.32. The molecule has 180 valence electrons. The van der Waals surface area contributed by atoms with Gasteiger partial charge in [0.1, 0.15) is 19.8 Å². The molecule has 2 aliphatic rings. The quantitative estimate of drug-likeness (QED) is 0.528. The second kappa shape index (κ2) is 10.2. The summed E-state index contributed by atoms with van der Waals surface area (Å²) in [7, 11) is -3.52. The maximum atomic E-state index is 12.8. The number of nitrogens with one attached hydrogen (secondary N) is 1. The molecule has 1 N–H and O–H groups in total. The first-order chi connectivity index (χ1) is 16.6. The zero-order valence-electron chi connectivity index (χ0n) is 19.1. The van der Waals surface area contributed by atoms with E-state index in [4.69, 9.17) is 14.2 Å². The fourth-order valence-electron chi connectivity index (χ4n) is 4.50. The molecule has 34 heavy (non-hydrogen) atoms. The van der Waals surface area contributed by atoms with Crippen LogP contribution in [0.3, 0.4) is 0 Å². The van der Waals surface area contributed by atoms with Crippen LogP contribution in [0.15, 0.2) is 65.6 Å². The van der Waals surface area contributed by atoms with E-state index in [2.05, 4.69) is 9.62 Å². The van der Waals surface area contributed by atoms with Crippen molar-refractivity contribution in [1.29, 1.82) is 0 Å². The van der Waals surface area contributed by atoms with Gasteiger partial charge in [0.2, 0.25) is 15.8 Å². The second-order valence-electron chi connectivity index (χ2n) is 8.77. The Morgan fingerprint density at radius 3 is 2.59 bits per heavy atom. The summed E-state index contributed by atoms with van der Waals surface area (Å²) < 4.78 is 45.7. The summed E-state index contributed by atoms with van der Waals surface area (Å²) in [6.07, 6.45) is 1.91. The average Bonchev–Trinajstić information content (AvgIpc) is 2.88. The van der Waals surface area contributed by atoms with Gasteiger partial charge in [-0.05, 0) is 66.9 Å². The van der Waals surface area contributed by atoms with Crippen molar-refractivity contribution in [3.63, 3.8) is 0 Å². The molecule has 7 nitrogen and oxygen atoms in total. The molecule has 0 atom stereocenters. The van der Waals surface area contributed by atoms with Gasteiger partial charge in [-0.15, -0.1) is 0 Å². The maximum absolute atomic E-state index is 12.8. The minimum Gasteiger partial charge on any atom is -0.488 e. The van der Waals surface area contributed by atoms with Crippen molar-refractivity contribution in [2.24, 2.45) is 5.92 Å². The number of para-hydroxylation sites is 1. The smallest absolute Gasteiger partial charge is 0.240 e. The van der Waals surface area contributed by atoms with Crippen LogP contribution in [-0.2, 0) is 10.0 Å². The highest BCUT2D eigenvalue weighted by molar-refractivity contribution is 7.89. The molecule has 0 aliphatic carbocycles. The van der Waals surface area contributed by atoms with Crippen molar-refractivity contribution in [2.75, 3.05) is 46.0 Å². The van der Waals surface area contributed by atoms with Crippen LogP contribution in [0.5, 0.6) is 17.2 Å². The maximum Gasteiger partial charge on any atom is 0.240 e. The largest absolute Gasteiger partial charge is 0.488 e. The van der Waals surface area contributed by atoms with Gasteiger partial charge >= 0.3 is 0 Å². The topological polar surface area (TPSA) is 77.1 Å². The summed E-state index contributed by atoms with van der Waals surface area (Å²) in [5.41, 5.74) is 0. The summed E-state index contributed by atoms with van der Waals surface area (Å²) >= 11 is 0. The van der Waals surface area contributed by atoms with E-state index in [1.807, 2.05) is 48.5 Å². The lowest BCUT2D eigenvalue weighted by atomic mass is 9.97. The Morgan fingerprint density at radius 2 is 1.74 bits per heavy atom. The molecule has 1 fully saturated rings. The van der Waals surface area contributed by atoms with Gasteiger partial charge in [-0.3, -0.25) is 4.90 Å². The molecule has 0 aromatic heterocycles. The Kier molecular flexibility index (Phi) is 6.89. The first-order valence-corrected chi connectivity index (χ1v) is 13.3. The van der Waals surface area contributed by atoms with Crippen molar-refractivity contribution < 1.29 is 22.6 Å². The molecule has 5 rings (SSSR count). The Labute approximate surface area is 200 Å². The molecule has 0 amide bonds. The molecule has 8 heteroatoms. The predicted octanol–water partition coefficient (Wildman–Crippen LogP) is 3.68. The van der Waals surface area contributed by atoms with E-state index in [1.54, 1.807) is 12.1 Å². The van der Waals surface area contributed by atoms with Crippen LogP contribution in [0.4, 0.5) is 0 Å². The van der Waals surface area contributed by atoms with Crippen molar-refractivity contribution in [3.8, 4) is 17.2 Å². The predicted molar refractivity (Wildman–Crippen MR) is 131 cm³/mol. The molecule has 0 radical (unpaired) electrons. The summed E-state index contributed by atoms with van der Waals surface area (Å²) in [6.45, 7) is 4.80. The lowest BCUT2D eigenvalue weighted by Crippen LogP contribution is -2.40. The third-order valence-electron chi connectivity index (χ3n) is 6.50. The fraction of sp³-hybridized carbons (Fsp3) is 0.385. The summed E-state index contributed by atoms with van der Waals surface area (Å²) in [6, 6.07) is 18.8. The van der Waals surface area contributed by atoms with E-state index >= 15 is 0 Å². The molecule has 2 heterocycles. The summed E-state index contributed by atoms with van der Waals surface area (Å²) in [4.78, 5) is 2.68. The molecule has 3 aromatic rings. The number of hydrogen-bond acceptors (Lipinski definition) is 6. The molecule has 1 saturated heterocycles. The number of piperidine rings is 1. The number of likely N-dealkylation sites (tertiary alicyclic amines) is 1. The van der Waals surface area contributed by atoms with Crippen molar-refractivity contribution in [1.82, 2.24) is 9.62 Å². The number of fused-ring (bicyclic) bond motifs is 2. The zero-order valence-corrected chi connectivity index (χ0v) is 19.9.